The minimum atomic E-state index is -0.193. The zero-order valence-electron chi connectivity index (χ0n) is 16.3. The molecule has 6 nitrogen and oxygen atoms in total. The van der Waals surface area contributed by atoms with E-state index in [4.69, 9.17) is 4.74 Å². The highest BCUT2D eigenvalue weighted by molar-refractivity contribution is 5.84. The average molecular weight is 386 g/mol. The number of rotatable bonds is 6. The number of para-hydroxylation sites is 1. The van der Waals surface area contributed by atoms with Gasteiger partial charge < -0.3 is 19.9 Å². The first-order valence-corrected chi connectivity index (χ1v) is 9.34. The number of ether oxygens (including phenoxy) is 1. The molecule has 0 aliphatic rings. The normalized spacial score (nSPS) is 10.7. The maximum atomic E-state index is 11.9. The van der Waals surface area contributed by atoms with Gasteiger partial charge in [0, 0.05) is 50.0 Å². The third-order valence-electron chi connectivity index (χ3n) is 4.54. The fraction of sp³-hybridized carbons (Fsp3) is 0.130. The Morgan fingerprint density at radius 2 is 1.90 bits per heavy atom. The molecule has 29 heavy (non-hydrogen) atoms. The van der Waals surface area contributed by atoms with Crippen molar-refractivity contribution in [3.63, 3.8) is 0 Å². The minimum absolute atomic E-state index is 0.193. The van der Waals surface area contributed by atoms with Gasteiger partial charge in [0.15, 0.2) is 0 Å². The van der Waals surface area contributed by atoms with Gasteiger partial charge in [-0.25, -0.2) is 4.98 Å². The van der Waals surface area contributed by atoms with Gasteiger partial charge in [-0.05, 0) is 35.9 Å². The monoisotopic (exact) mass is 386 g/mol. The number of nitrogens with one attached hydrogen (secondary N) is 2. The van der Waals surface area contributed by atoms with Crippen LogP contribution in [0.2, 0.25) is 0 Å². The third-order valence-corrected chi connectivity index (χ3v) is 4.54. The molecule has 2 aromatic heterocycles. The summed E-state index contributed by atoms with van der Waals surface area (Å²) in [6.45, 7) is 0.651. The molecular formula is C23H22N4O2. The number of aromatic nitrogens is 2. The van der Waals surface area contributed by atoms with Gasteiger partial charge in [-0.1, -0.05) is 24.3 Å². The lowest BCUT2D eigenvalue weighted by Gasteiger charge is -2.13. The van der Waals surface area contributed by atoms with Crippen molar-refractivity contribution < 1.29 is 4.74 Å². The minimum Gasteiger partial charge on any atom is -0.456 e. The highest BCUT2D eigenvalue weighted by Gasteiger charge is 2.06. The first-order valence-electron chi connectivity index (χ1n) is 9.34. The lowest BCUT2D eigenvalue weighted by Crippen LogP contribution is -2.10. The van der Waals surface area contributed by atoms with Crippen molar-refractivity contribution in [2.75, 3.05) is 24.3 Å². The number of nitrogens with zero attached hydrogens (tertiary/aromatic N) is 2. The molecule has 0 unspecified atom stereocenters. The van der Waals surface area contributed by atoms with E-state index in [0.717, 1.165) is 28.0 Å². The van der Waals surface area contributed by atoms with E-state index in [1.165, 1.54) is 6.07 Å². The standard InChI is InChI=1S/C23H22N4O2/c1-27(2)22-11-10-16(15-25-22)14-24-17-6-5-7-18(12-17)29-21-13-23(28)26-20-9-4-3-8-19(20)21/h3-13,15,24H,14H2,1-2H3,(H,26,28). The number of fused-ring (bicyclic) bond motifs is 1. The molecule has 2 heterocycles. The molecule has 0 saturated carbocycles. The van der Waals surface area contributed by atoms with Gasteiger partial charge in [-0.15, -0.1) is 0 Å². The first kappa shape index (κ1) is 18.6. The molecule has 0 fully saturated rings. The topological polar surface area (TPSA) is 70.2 Å². The van der Waals surface area contributed by atoms with E-state index >= 15 is 0 Å². The lowest BCUT2D eigenvalue weighted by atomic mass is 10.2. The molecule has 146 valence electrons. The molecule has 0 saturated heterocycles. The zero-order chi connectivity index (χ0) is 20.2. The van der Waals surface area contributed by atoms with E-state index < -0.39 is 0 Å². The molecule has 6 heteroatoms. The average Bonchev–Trinajstić information content (AvgIpc) is 2.73. The fourth-order valence-corrected chi connectivity index (χ4v) is 3.04. The molecule has 4 rings (SSSR count). The van der Waals surface area contributed by atoms with Gasteiger partial charge in [-0.3, -0.25) is 4.79 Å². The SMILES string of the molecule is CN(C)c1ccc(CNc2cccc(Oc3cc(=O)[nH]c4ccccc34)c2)cn1. The maximum Gasteiger partial charge on any atom is 0.252 e. The Labute approximate surface area is 168 Å². The van der Waals surface area contributed by atoms with Crippen LogP contribution in [0.1, 0.15) is 5.56 Å². The van der Waals surface area contributed by atoms with E-state index in [2.05, 4.69) is 21.4 Å². The summed E-state index contributed by atoms with van der Waals surface area (Å²) in [5, 5.41) is 4.24. The molecule has 2 N–H and O–H groups in total. The number of H-pyrrole nitrogens is 1. The lowest BCUT2D eigenvalue weighted by molar-refractivity contribution is 0.487. The van der Waals surface area contributed by atoms with Crippen LogP contribution in [0.15, 0.2) is 77.7 Å². The van der Waals surface area contributed by atoms with E-state index in [9.17, 15) is 4.79 Å². The van der Waals surface area contributed by atoms with Crippen LogP contribution in [0.25, 0.3) is 10.9 Å². The highest BCUT2D eigenvalue weighted by Crippen LogP contribution is 2.29. The Hall–Kier alpha value is -3.80. The number of hydrogen-bond acceptors (Lipinski definition) is 5. The summed E-state index contributed by atoms with van der Waals surface area (Å²) < 4.78 is 6.03. The Morgan fingerprint density at radius 3 is 2.69 bits per heavy atom. The van der Waals surface area contributed by atoms with E-state index in [1.54, 1.807) is 0 Å². The molecule has 0 bridgehead atoms. The van der Waals surface area contributed by atoms with Crippen molar-refractivity contribution >= 4 is 22.4 Å². The molecule has 0 amide bonds. The molecular weight excluding hydrogens is 364 g/mol. The summed E-state index contributed by atoms with van der Waals surface area (Å²) in [6.07, 6.45) is 1.87. The Bertz CT molecular complexity index is 1180. The zero-order valence-corrected chi connectivity index (χ0v) is 16.3. The maximum absolute atomic E-state index is 11.9. The van der Waals surface area contributed by atoms with E-state index in [-0.39, 0.29) is 5.56 Å². The summed E-state index contributed by atoms with van der Waals surface area (Å²) in [5.74, 6) is 2.12. The van der Waals surface area contributed by atoms with Crippen LogP contribution in [0.5, 0.6) is 11.5 Å². The number of aromatic amines is 1. The van der Waals surface area contributed by atoms with Crippen LogP contribution < -0.4 is 20.5 Å². The van der Waals surface area contributed by atoms with Crippen molar-refractivity contribution in [3.05, 3.63) is 88.8 Å². The van der Waals surface area contributed by atoms with Crippen molar-refractivity contribution in [2.24, 2.45) is 0 Å². The van der Waals surface area contributed by atoms with Gasteiger partial charge in [0.2, 0.25) is 0 Å². The Balaban J connectivity index is 1.50. The van der Waals surface area contributed by atoms with Crippen molar-refractivity contribution in [1.29, 1.82) is 0 Å². The van der Waals surface area contributed by atoms with Crippen molar-refractivity contribution in [1.82, 2.24) is 9.97 Å². The molecule has 0 radical (unpaired) electrons. The predicted octanol–water partition coefficient (Wildman–Crippen LogP) is 4.39. The molecule has 0 aliphatic heterocycles. The number of benzene rings is 2. The predicted molar refractivity (Wildman–Crippen MR) is 117 cm³/mol. The second-order valence-corrected chi connectivity index (χ2v) is 6.95. The Morgan fingerprint density at radius 1 is 1.03 bits per heavy atom. The van der Waals surface area contributed by atoms with E-state index in [0.29, 0.717) is 18.0 Å². The molecule has 0 atom stereocenters. The second kappa shape index (κ2) is 8.06. The smallest absolute Gasteiger partial charge is 0.252 e. The fourth-order valence-electron chi connectivity index (χ4n) is 3.04. The van der Waals surface area contributed by atoms with Gasteiger partial charge in [0.1, 0.15) is 17.3 Å². The molecule has 0 spiro atoms. The number of anilines is 2. The Kier molecular flexibility index (Phi) is 5.16. The number of hydrogen-bond donors (Lipinski definition) is 2. The largest absolute Gasteiger partial charge is 0.456 e. The van der Waals surface area contributed by atoms with Gasteiger partial charge in [0.25, 0.3) is 5.56 Å². The summed E-state index contributed by atoms with van der Waals surface area (Å²) >= 11 is 0. The van der Waals surface area contributed by atoms with Crippen LogP contribution in [-0.4, -0.2) is 24.1 Å². The highest BCUT2D eigenvalue weighted by atomic mass is 16.5. The van der Waals surface area contributed by atoms with Crippen molar-refractivity contribution in [2.45, 2.75) is 6.54 Å². The molecule has 2 aromatic carbocycles. The van der Waals surface area contributed by atoms with Gasteiger partial charge >= 0.3 is 0 Å². The summed E-state index contributed by atoms with van der Waals surface area (Å²) in [4.78, 5) is 21.1. The first-order chi connectivity index (χ1) is 14.1. The summed E-state index contributed by atoms with van der Waals surface area (Å²) in [7, 11) is 3.94. The molecule has 0 aliphatic carbocycles. The quantitative estimate of drug-likeness (QED) is 0.514. The van der Waals surface area contributed by atoms with Crippen LogP contribution in [0.3, 0.4) is 0 Å². The second-order valence-electron chi connectivity index (χ2n) is 6.95. The van der Waals surface area contributed by atoms with Crippen LogP contribution >= 0.6 is 0 Å². The molecule has 4 aromatic rings. The van der Waals surface area contributed by atoms with Crippen molar-refractivity contribution in [3.8, 4) is 11.5 Å². The summed E-state index contributed by atoms with van der Waals surface area (Å²) in [6, 6.07) is 20.8. The van der Waals surface area contributed by atoms with Crippen LogP contribution in [-0.2, 0) is 6.54 Å². The number of pyridine rings is 2. The van der Waals surface area contributed by atoms with Gasteiger partial charge in [-0.2, -0.15) is 0 Å². The summed E-state index contributed by atoms with van der Waals surface area (Å²) in [5.41, 5.74) is 2.57. The van der Waals surface area contributed by atoms with Gasteiger partial charge in [0.05, 0.1) is 5.52 Å². The van der Waals surface area contributed by atoms with E-state index in [1.807, 2.05) is 79.8 Å². The third kappa shape index (κ3) is 4.38. The van der Waals surface area contributed by atoms with Crippen LogP contribution in [0.4, 0.5) is 11.5 Å². The van der Waals surface area contributed by atoms with Crippen LogP contribution in [0, 0.1) is 0 Å².